The molecule has 1 saturated heterocycles. The Bertz CT molecular complexity index is 2130. The minimum atomic E-state index is -1.75. The van der Waals surface area contributed by atoms with Crippen molar-refractivity contribution in [3.05, 3.63) is 65.9 Å². The lowest BCUT2D eigenvalue weighted by atomic mass is 9.95. The summed E-state index contributed by atoms with van der Waals surface area (Å²) in [6.45, 7) is 7.70. The number of aliphatic hydroxyl groups is 1. The highest BCUT2D eigenvalue weighted by atomic mass is 35.5. The molecule has 16 heteroatoms. The summed E-state index contributed by atoms with van der Waals surface area (Å²) in [5.74, 6) is -2.90. The van der Waals surface area contributed by atoms with Crippen molar-refractivity contribution in [1.82, 2.24) is 4.98 Å². The number of anilines is 2. The van der Waals surface area contributed by atoms with Crippen LogP contribution in [0.5, 0.6) is 5.75 Å². The van der Waals surface area contributed by atoms with Crippen LogP contribution < -0.4 is 15.0 Å². The Hall–Kier alpha value is -5.38. The fraction of sp³-hybridized carbons (Fsp3) is 0.395. The van der Waals surface area contributed by atoms with Crippen molar-refractivity contribution in [2.45, 2.75) is 76.8 Å². The summed E-state index contributed by atoms with van der Waals surface area (Å²) in [5.41, 5.74) is 2.00. The zero-order valence-electron chi connectivity index (χ0n) is 30.3. The monoisotopic (exact) mass is 765 g/mol. The number of carbonyl (C=O) groups excluding carboxylic acids is 5. The average Bonchev–Trinajstić information content (AvgIpc) is 3.70. The van der Waals surface area contributed by atoms with Gasteiger partial charge in [0.1, 0.15) is 17.0 Å². The van der Waals surface area contributed by atoms with Crippen LogP contribution in [0.15, 0.2) is 54.6 Å². The Morgan fingerprint density at radius 2 is 1.67 bits per heavy atom. The van der Waals surface area contributed by atoms with Gasteiger partial charge in [0.15, 0.2) is 24.4 Å². The maximum absolute atomic E-state index is 14.3. The largest absolute Gasteiger partial charge is 0.467 e. The second-order valence-electron chi connectivity index (χ2n) is 13.9. The molecular weight excluding hydrogens is 726 g/mol. The Balaban J connectivity index is 1.36. The van der Waals surface area contributed by atoms with E-state index in [1.165, 1.54) is 0 Å². The molecule has 6 rings (SSSR count). The van der Waals surface area contributed by atoms with Crippen molar-refractivity contribution in [3.63, 3.8) is 0 Å². The number of benzene rings is 3. The first-order chi connectivity index (χ1) is 25.6. The van der Waals surface area contributed by atoms with Crippen molar-refractivity contribution >= 4 is 74.6 Å². The Morgan fingerprint density at radius 3 is 2.31 bits per heavy atom. The standard InChI is InChI=1S/C38H40ClN3O12/c1-18(43)50-31-30(45)36(53-33(35(47)49-6)32(31)51-19(2)44)52-28-15-27-29(24-10-8-7-9-23(24)28)21(16-39)17-42(27)34(46)26-14-20-13-22(11-12-25(20)41-26)40-37(48)54-38(3,4)5/h7-15,21,30-33,36,41,45H,16-17H2,1-6H3,(H,40,48)/t21-,30-,31-,32+,33?,36+/m1/s1. The predicted octanol–water partition coefficient (Wildman–Crippen LogP) is 5.15. The molecule has 1 fully saturated rings. The van der Waals surface area contributed by atoms with E-state index in [1.807, 2.05) is 12.1 Å². The number of halogens is 1. The first kappa shape index (κ1) is 38.3. The van der Waals surface area contributed by atoms with E-state index in [9.17, 15) is 29.1 Å². The number of esters is 3. The number of hydrogen-bond acceptors (Lipinski definition) is 12. The summed E-state index contributed by atoms with van der Waals surface area (Å²) >= 11 is 6.50. The molecular formula is C38H40ClN3O12. The number of alkyl halides is 1. The highest BCUT2D eigenvalue weighted by Gasteiger charge is 2.54. The minimum absolute atomic E-state index is 0.159. The molecule has 286 valence electrons. The van der Waals surface area contributed by atoms with Gasteiger partial charge < -0.3 is 43.4 Å². The van der Waals surface area contributed by atoms with Gasteiger partial charge in [-0.15, -0.1) is 11.6 Å². The second-order valence-corrected chi connectivity index (χ2v) is 14.2. The molecule has 0 aliphatic carbocycles. The Labute approximate surface area is 314 Å². The number of nitrogens with zero attached hydrogens (tertiary/aromatic N) is 1. The zero-order chi connectivity index (χ0) is 39.1. The number of carbonyl (C=O) groups is 5. The van der Waals surface area contributed by atoms with Crippen LogP contribution in [-0.2, 0) is 38.1 Å². The van der Waals surface area contributed by atoms with Crippen LogP contribution in [0.4, 0.5) is 16.2 Å². The van der Waals surface area contributed by atoms with Crippen molar-refractivity contribution in [1.29, 1.82) is 0 Å². The summed E-state index contributed by atoms with van der Waals surface area (Å²) in [7, 11) is 1.10. The normalized spacial score (nSPS) is 22.3. The van der Waals surface area contributed by atoms with Gasteiger partial charge in [-0.2, -0.15) is 0 Å². The fourth-order valence-electron chi connectivity index (χ4n) is 6.72. The number of fused-ring (bicyclic) bond motifs is 4. The number of aliphatic hydroxyl groups excluding tert-OH is 1. The van der Waals surface area contributed by atoms with Crippen LogP contribution in [0, 0.1) is 0 Å². The molecule has 2 aliphatic rings. The predicted molar refractivity (Wildman–Crippen MR) is 196 cm³/mol. The summed E-state index contributed by atoms with van der Waals surface area (Å²) in [5, 5.41) is 16.1. The number of aromatic amines is 1. The van der Waals surface area contributed by atoms with Gasteiger partial charge >= 0.3 is 24.0 Å². The molecule has 3 aromatic carbocycles. The smallest absolute Gasteiger partial charge is 0.412 e. The lowest BCUT2D eigenvalue weighted by Crippen LogP contribution is -2.63. The van der Waals surface area contributed by atoms with E-state index in [-0.39, 0.29) is 35.7 Å². The number of nitrogens with one attached hydrogen (secondary N) is 2. The van der Waals surface area contributed by atoms with Crippen LogP contribution in [0.2, 0.25) is 0 Å². The van der Waals surface area contributed by atoms with E-state index >= 15 is 0 Å². The average molecular weight is 766 g/mol. The van der Waals surface area contributed by atoms with Crippen molar-refractivity contribution < 1.29 is 57.5 Å². The summed E-state index contributed by atoms with van der Waals surface area (Å²) in [4.78, 5) is 68.3. The maximum atomic E-state index is 14.3. The molecule has 54 heavy (non-hydrogen) atoms. The highest BCUT2D eigenvalue weighted by Crippen LogP contribution is 2.47. The third kappa shape index (κ3) is 7.79. The lowest BCUT2D eigenvalue weighted by Gasteiger charge is -2.41. The number of H-pyrrole nitrogens is 1. The number of rotatable bonds is 8. The van der Waals surface area contributed by atoms with Gasteiger partial charge in [0.05, 0.1) is 12.8 Å². The number of ether oxygens (including phenoxy) is 6. The number of aromatic nitrogens is 1. The van der Waals surface area contributed by atoms with E-state index in [4.69, 9.17) is 40.0 Å². The van der Waals surface area contributed by atoms with Gasteiger partial charge in [-0.1, -0.05) is 24.3 Å². The third-order valence-electron chi connectivity index (χ3n) is 8.86. The van der Waals surface area contributed by atoms with Crippen LogP contribution in [0.3, 0.4) is 0 Å². The van der Waals surface area contributed by atoms with E-state index in [0.717, 1.165) is 26.5 Å². The molecule has 1 unspecified atom stereocenters. The molecule has 0 spiro atoms. The molecule has 3 heterocycles. The van der Waals surface area contributed by atoms with E-state index in [0.29, 0.717) is 33.1 Å². The molecule has 2 aliphatic heterocycles. The Kier molecular flexibility index (Phi) is 10.8. The minimum Gasteiger partial charge on any atom is -0.467 e. The van der Waals surface area contributed by atoms with Crippen LogP contribution in [-0.4, -0.2) is 95.8 Å². The summed E-state index contributed by atoms with van der Waals surface area (Å²) in [6, 6.07) is 15.7. The fourth-order valence-corrected chi connectivity index (χ4v) is 6.97. The SMILES string of the molecule is COC(=O)C1O[C@H](Oc2cc3c(c4ccccc24)[C@H](CCl)CN3C(=O)c2cc3cc(NC(=O)OC(C)(C)C)ccc3[nH]2)[C@H](O)[C@@H](OC(C)=O)[C@@H]1OC(C)=O. The van der Waals surface area contributed by atoms with Gasteiger partial charge in [-0.25, -0.2) is 9.59 Å². The lowest BCUT2D eigenvalue weighted by molar-refractivity contribution is -0.278. The molecule has 6 atom stereocenters. The zero-order valence-corrected chi connectivity index (χ0v) is 31.1. The second kappa shape index (κ2) is 15.2. The number of amides is 2. The van der Waals surface area contributed by atoms with E-state index < -0.39 is 60.3 Å². The van der Waals surface area contributed by atoms with Gasteiger partial charge in [-0.05, 0) is 56.0 Å². The van der Waals surface area contributed by atoms with Crippen LogP contribution >= 0.6 is 11.6 Å². The first-order valence-electron chi connectivity index (χ1n) is 17.1. The van der Waals surface area contributed by atoms with Crippen molar-refractivity contribution in [2.24, 2.45) is 0 Å². The van der Waals surface area contributed by atoms with Crippen LogP contribution in [0.1, 0.15) is 56.6 Å². The third-order valence-corrected chi connectivity index (χ3v) is 9.23. The quantitative estimate of drug-likeness (QED) is 0.122. The molecule has 3 N–H and O–H groups in total. The summed E-state index contributed by atoms with van der Waals surface area (Å²) in [6.07, 6.45) is -8.77. The topological polar surface area (TPSA) is 192 Å². The van der Waals surface area contributed by atoms with Crippen LogP contribution in [0.25, 0.3) is 21.7 Å². The number of hydrogen-bond donors (Lipinski definition) is 3. The molecule has 0 radical (unpaired) electrons. The van der Waals surface area contributed by atoms with Gasteiger partial charge in [-0.3, -0.25) is 19.7 Å². The Morgan fingerprint density at radius 1 is 0.981 bits per heavy atom. The summed E-state index contributed by atoms with van der Waals surface area (Å²) < 4.78 is 33.0. The molecule has 4 aromatic rings. The molecule has 1 aromatic heterocycles. The maximum Gasteiger partial charge on any atom is 0.412 e. The molecule has 15 nitrogen and oxygen atoms in total. The molecule has 0 saturated carbocycles. The van der Waals surface area contributed by atoms with E-state index in [2.05, 4.69) is 10.3 Å². The first-order valence-corrected chi connectivity index (χ1v) is 17.6. The van der Waals surface area contributed by atoms with Gasteiger partial charge in [0.2, 0.25) is 6.29 Å². The molecule has 0 bridgehead atoms. The van der Waals surface area contributed by atoms with E-state index in [1.54, 1.807) is 68.1 Å². The number of methoxy groups -OCH3 is 1. The van der Waals surface area contributed by atoms with Crippen molar-refractivity contribution in [2.75, 3.05) is 29.8 Å². The van der Waals surface area contributed by atoms with Crippen molar-refractivity contribution in [3.8, 4) is 5.75 Å². The highest BCUT2D eigenvalue weighted by molar-refractivity contribution is 6.19. The van der Waals surface area contributed by atoms with Gasteiger partial charge in [0, 0.05) is 60.2 Å². The van der Waals surface area contributed by atoms with Gasteiger partial charge in [0.25, 0.3) is 5.91 Å². The molecule has 2 amide bonds.